The smallest absolute Gasteiger partial charge is 0.240 e. The molecule has 0 aliphatic heterocycles. The van der Waals surface area contributed by atoms with Crippen LogP contribution in [0.4, 0.5) is 5.69 Å². The molecule has 0 saturated carbocycles. The summed E-state index contributed by atoms with van der Waals surface area (Å²) in [6.45, 7) is 0.542. The van der Waals surface area contributed by atoms with Gasteiger partial charge in [-0.2, -0.15) is 0 Å². The summed E-state index contributed by atoms with van der Waals surface area (Å²) in [5.41, 5.74) is 1.69. The van der Waals surface area contributed by atoms with Crippen LogP contribution in [0.3, 0.4) is 0 Å². The van der Waals surface area contributed by atoms with Crippen LogP contribution in [-0.2, 0) is 16.6 Å². The summed E-state index contributed by atoms with van der Waals surface area (Å²) in [4.78, 5) is 4.34. The van der Waals surface area contributed by atoms with Gasteiger partial charge in [-0.3, -0.25) is 0 Å². The van der Waals surface area contributed by atoms with Crippen LogP contribution >= 0.6 is 0 Å². The van der Waals surface area contributed by atoms with Crippen molar-refractivity contribution in [3.63, 3.8) is 0 Å². The van der Waals surface area contributed by atoms with Crippen LogP contribution in [0.2, 0.25) is 0 Å². The van der Waals surface area contributed by atoms with E-state index in [1.807, 2.05) is 12.1 Å². The van der Waals surface area contributed by atoms with E-state index in [0.29, 0.717) is 12.4 Å². The first kappa shape index (κ1) is 15.3. The second-order valence-electron chi connectivity index (χ2n) is 4.30. The number of nitrogens with one attached hydrogen (secondary N) is 2. The number of rotatable bonds is 6. The van der Waals surface area contributed by atoms with Gasteiger partial charge in [0.15, 0.2) is 0 Å². The van der Waals surface area contributed by atoms with E-state index in [1.54, 1.807) is 37.6 Å². The van der Waals surface area contributed by atoms with Crippen LogP contribution in [0.1, 0.15) is 5.56 Å². The quantitative estimate of drug-likeness (QED) is 0.847. The minimum absolute atomic E-state index is 0.225. The maximum Gasteiger partial charge on any atom is 0.240 e. The summed E-state index contributed by atoms with van der Waals surface area (Å²) < 4.78 is 30.8. The molecule has 1 heterocycles. The van der Waals surface area contributed by atoms with Crippen molar-refractivity contribution in [3.8, 4) is 5.88 Å². The van der Waals surface area contributed by atoms with Gasteiger partial charge in [0.2, 0.25) is 15.9 Å². The highest BCUT2D eigenvalue weighted by Crippen LogP contribution is 2.16. The average Bonchev–Trinajstić information content (AvgIpc) is 2.53. The molecule has 0 fully saturated rings. The number of sulfonamides is 1. The standard InChI is InChI=1S/C14H17N3O3S/c1-15-21(18,19)13-5-3-4-12(8-13)16-9-11-6-7-14(20-2)17-10-11/h3-8,10,15-16H,9H2,1-2H3. The normalized spacial score (nSPS) is 11.1. The minimum Gasteiger partial charge on any atom is -0.481 e. The number of hydrogen-bond donors (Lipinski definition) is 2. The van der Waals surface area contributed by atoms with Gasteiger partial charge in [0.25, 0.3) is 0 Å². The fourth-order valence-electron chi connectivity index (χ4n) is 1.73. The Labute approximate surface area is 124 Å². The van der Waals surface area contributed by atoms with Crippen molar-refractivity contribution >= 4 is 15.7 Å². The molecule has 1 aromatic carbocycles. The second-order valence-corrected chi connectivity index (χ2v) is 6.18. The number of ether oxygens (including phenoxy) is 1. The monoisotopic (exact) mass is 307 g/mol. The molecular formula is C14H17N3O3S. The third-order valence-corrected chi connectivity index (χ3v) is 4.33. The average molecular weight is 307 g/mol. The Kier molecular flexibility index (Phi) is 4.77. The lowest BCUT2D eigenvalue weighted by Gasteiger charge is -2.09. The van der Waals surface area contributed by atoms with Crippen molar-refractivity contribution in [1.29, 1.82) is 0 Å². The lowest BCUT2D eigenvalue weighted by molar-refractivity contribution is 0.397. The molecular weight excluding hydrogens is 290 g/mol. The predicted octanol–water partition coefficient (Wildman–Crippen LogP) is 1.61. The fourth-order valence-corrected chi connectivity index (χ4v) is 2.51. The van der Waals surface area contributed by atoms with Gasteiger partial charge in [-0.05, 0) is 30.8 Å². The van der Waals surface area contributed by atoms with Crippen LogP contribution < -0.4 is 14.8 Å². The Morgan fingerprint density at radius 1 is 1.24 bits per heavy atom. The number of aromatic nitrogens is 1. The Morgan fingerprint density at radius 2 is 2.05 bits per heavy atom. The Hall–Kier alpha value is -2.12. The van der Waals surface area contributed by atoms with E-state index in [9.17, 15) is 8.42 Å². The van der Waals surface area contributed by atoms with Crippen molar-refractivity contribution in [2.24, 2.45) is 0 Å². The molecule has 21 heavy (non-hydrogen) atoms. The Morgan fingerprint density at radius 3 is 2.67 bits per heavy atom. The first-order valence-electron chi connectivity index (χ1n) is 6.31. The fraction of sp³-hybridized carbons (Fsp3) is 0.214. The van der Waals surface area contributed by atoms with Crippen molar-refractivity contribution in [3.05, 3.63) is 48.2 Å². The lowest BCUT2D eigenvalue weighted by Crippen LogP contribution is -2.18. The van der Waals surface area contributed by atoms with E-state index in [-0.39, 0.29) is 4.90 Å². The molecule has 0 atom stereocenters. The van der Waals surface area contributed by atoms with E-state index in [0.717, 1.165) is 11.3 Å². The highest BCUT2D eigenvalue weighted by molar-refractivity contribution is 7.89. The number of benzene rings is 1. The minimum atomic E-state index is -3.43. The third kappa shape index (κ3) is 3.93. The molecule has 2 N–H and O–H groups in total. The number of pyridine rings is 1. The van der Waals surface area contributed by atoms with Crippen molar-refractivity contribution in [2.75, 3.05) is 19.5 Å². The molecule has 0 radical (unpaired) electrons. The van der Waals surface area contributed by atoms with Gasteiger partial charge >= 0.3 is 0 Å². The van der Waals surface area contributed by atoms with Gasteiger partial charge in [-0.25, -0.2) is 18.1 Å². The molecule has 2 rings (SSSR count). The number of methoxy groups -OCH3 is 1. The van der Waals surface area contributed by atoms with Crippen molar-refractivity contribution < 1.29 is 13.2 Å². The van der Waals surface area contributed by atoms with Crippen LogP contribution in [-0.4, -0.2) is 27.6 Å². The van der Waals surface area contributed by atoms with E-state index in [4.69, 9.17) is 4.74 Å². The Balaban J connectivity index is 2.08. The summed E-state index contributed by atoms with van der Waals surface area (Å²) in [6, 6.07) is 10.3. The van der Waals surface area contributed by atoms with Crippen LogP contribution in [0.25, 0.3) is 0 Å². The first-order chi connectivity index (χ1) is 10.0. The molecule has 0 spiro atoms. The summed E-state index contributed by atoms with van der Waals surface area (Å²) in [5.74, 6) is 0.556. The Bertz CT molecular complexity index is 700. The highest BCUT2D eigenvalue weighted by Gasteiger charge is 2.11. The van der Waals surface area contributed by atoms with E-state index in [2.05, 4.69) is 15.0 Å². The topological polar surface area (TPSA) is 80.3 Å². The molecule has 0 unspecified atom stereocenters. The number of hydrogen-bond acceptors (Lipinski definition) is 5. The van der Waals surface area contributed by atoms with Crippen LogP contribution in [0.5, 0.6) is 5.88 Å². The molecule has 7 heteroatoms. The van der Waals surface area contributed by atoms with Crippen molar-refractivity contribution in [1.82, 2.24) is 9.71 Å². The zero-order valence-electron chi connectivity index (χ0n) is 11.8. The zero-order chi connectivity index (χ0) is 15.3. The highest BCUT2D eigenvalue weighted by atomic mass is 32.2. The van der Waals surface area contributed by atoms with Crippen LogP contribution in [0, 0.1) is 0 Å². The first-order valence-corrected chi connectivity index (χ1v) is 7.80. The molecule has 1 aromatic heterocycles. The van der Waals surface area contributed by atoms with Gasteiger partial charge in [0.1, 0.15) is 0 Å². The van der Waals surface area contributed by atoms with Gasteiger partial charge < -0.3 is 10.1 Å². The summed E-state index contributed by atoms with van der Waals surface area (Å²) in [5, 5.41) is 3.16. The molecule has 2 aromatic rings. The SMILES string of the molecule is CNS(=O)(=O)c1cccc(NCc2ccc(OC)nc2)c1. The van der Waals surface area contributed by atoms with Gasteiger partial charge in [-0.1, -0.05) is 12.1 Å². The van der Waals surface area contributed by atoms with Gasteiger partial charge in [-0.15, -0.1) is 0 Å². The van der Waals surface area contributed by atoms with Gasteiger partial charge in [0, 0.05) is 24.5 Å². The lowest BCUT2D eigenvalue weighted by atomic mass is 10.2. The molecule has 112 valence electrons. The van der Waals surface area contributed by atoms with E-state index < -0.39 is 10.0 Å². The third-order valence-electron chi connectivity index (χ3n) is 2.92. The summed E-state index contributed by atoms with van der Waals surface area (Å²) in [6.07, 6.45) is 1.71. The molecule has 0 bridgehead atoms. The summed E-state index contributed by atoms with van der Waals surface area (Å²) >= 11 is 0. The molecule has 0 amide bonds. The summed E-state index contributed by atoms with van der Waals surface area (Å²) in [7, 11) is -0.481. The maximum absolute atomic E-state index is 11.7. The van der Waals surface area contributed by atoms with Crippen LogP contribution in [0.15, 0.2) is 47.5 Å². The zero-order valence-corrected chi connectivity index (χ0v) is 12.6. The largest absolute Gasteiger partial charge is 0.481 e. The molecule has 0 aliphatic rings. The number of nitrogens with zero attached hydrogens (tertiary/aromatic N) is 1. The predicted molar refractivity (Wildman–Crippen MR) is 80.8 cm³/mol. The van der Waals surface area contributed by atoms with Gasteiger partial charge in [0.05, 0.1) is 12.0 Å². The molecule has 6 nitrogen and oxygen atoms in total. The molecule has 0 saturated heterocycles. The second kappa shape index (κ2) is 6.55. The van der Waals surface area contributed by atoms with E-state index >= 15 is 0 Å². The van der Waals surface area contributed by atoms with Crippen molar-refractivity contribution in [2.45, 2.75) is 11.4 Å². The molecule has 0 aliphatic carbocycles. The number of anilines is 1. The maximum atomic E-state index is 11.7. The van der Waals surface area contributed by atoms with E-state index in [1.165, 1.54) is 7.05 Å².